The molecule has 1 aliphatic carbocycles. The number of hydrogen-bond donors (Lipinski definition) is 0. The van der Waals surface area contributed by atoms with Gasteiger partial charge in [-0.3, -0.25) is 9.69 Å². The predicted molar refractivity (Wildman–Crippen MR) is 68.1 cm³/mol. The van der Waals surface area contributed by atoms with Crippen LogP contribution in [-0.2, 0) is 16.1 Å². The number of hydrogen-bond acceptors (Lipinski definition) is 4. The van der Waals surface area contributed by atoms with Crippen molar-refractivity contribution in [2.24, 2.45) is 0 Å². The number of rotatable bonds is 7. The van der Waals surface area contributed by atoms with Crippen LogP contribution in [0.1, 0.15) is 37.9 Å². The number of nitrogens with zero attached hydrogens (tertiary/aromatic N) is 3. The van der Waals surface area contributed by atoms with Gasteiger partial charge < -0.3 is 9.30 Å². The van der Waals surface area contributed by atoms with Gasteiger partial charge in [0.25, 0.3) is 0 Å². The van der Waals surface area contributed by atoms with Gasteiger partial charge in [-0.15, -0.1) is 0 Å². The van der Waals surface area contributed by atoms with Crippen molar-refractivity contribution in [2.75, 3.05) is 20.2 Å². The average molecular weight is 251 g/mol. The van der Waals surface area contributed by atoms with E-state index in [4.69, 9.17) is 0 Å². The van der Waals surface area contributed by atoms with Crippen LogP contribution in [0, 0.1) is 0 Å². The smallest absolute Gasteiger partial charge is 0.306 e. The monoisotopic (exact) mass is 251 g/mol. The third-order valence-electron chi connectivity index (χ3n) is 3.38. The maximum absolute atomic E-state index is 11.2. The van der Waals surface area contributed by atoms with Crippen molar-refractivity contribution < 1.29 is 9.53 Å². The minimum atomic E-state index is -0.149. The zero-order valence-corrected chi connectivity index (χ0v) is 11.1. The summed E-state index contributed by atoms with van der Waals surface area (Å²) in [5.41, 5.74) is 1.24. The first-order chi connectivity index (χ1) is 8.74. The average Bonchev–Trinajstić information content (AvgIpc) is 3.14. The largest absolute Gasteiger partial charge is 0.469 e. The van der Waals surface area contributed by atoms with Crippen LogP contribution < -0.4 is 0 Å². The molecule has 1 heterocycles. The maximum atomic E-state index is 11.2. The van der Waals surface area contributed by atoms with E-state index in [1.54, 1.807) is 0 Å². The lowest BCUT2D eigenvalue weighted by Gasteiger charge is -2.20. The van der Waals surface area contributed by atoms with Crippen LogP contribution >= 0.6 is 0 Å². The van der Waals surface area contributed by atoms with Crippen molar-refractivity contribution in [3.8, 4) is 0 Å². The van der Waals surface area contributed by atoms with Gasteiger partial charge in [0.1, 0.15) is 0 Å². The third-order valence-corrected chi connectivity index (χ3v) is 3.38. The summed E-state index contributed by atoms with van der Waals surface area (Å²) < 4.78 is 6.93. The number of methoxy groups -OCH3 is 1. The van der Waals surface area contributed by atoms with Crippen molar-refractivity contribution >= 4 is 5.97 Å². The molecule has 0 spiro atoms. The van der Waals surface area contributed by atoms with E-state index >= 15 is 0 Å². The molecule has 100 valence electrons. The fraction of sp³-hybridized carbons (Fsp3) is 0.692. The number of ether oxygens (including phenoxy) is 1. The van der Waals surface area contributed by atoms with Gasteiger partial charge in [-0.25, -0.2) is 4.98 Å². The minimum Gasteiger partial charge on any atom is -0.469 e. The number of esters is 1. The molecule has 1 aromatic rings. The number of imidazole rings is 1. The lowest BCUT2D eigenvalue weighted by atomic mass is 10.3. The molecule has 2 rings (SSSR count). The second-order valence-corrected chi connectivity index (χ2v) is 4.72. The van der Waals surface area contributed by atoms with Crippen LogP contribution in [0.5, 0.6) is 0 Å². The van der Waals surface area contributed by atoms with Crippen molar-refractivity contribution in [3.63, 3.8) is 0 Å². The first kappa shape index (κ1) is 13.1. The summed E-state index contributed by atoms with van der Waals surface area (Å²) in [5.74, 6) is -0.149. The molecule has 0 aromatic carbocycles. The molecule has 1 aliphatic rings. The molecule has 0 atom stereocenters. The summed E-state index contributed by atoms with van der Waals surface area (Å²) in [4.78, 5) is 17.6. The molecule has 0 aliphatic heterocycles. The maximum Gasteiger partial charge on any atom is 0.306 e. The molecule has 18 heavy (non-hydrogen) atoms. The molecule has 0 unspecified atom stereocenters. The van der Waals surface area contributed by atoms with Crippen LogP contribution in [0.15, 0.2) is 12.5 Å². The fourth-order valence-corrected chi connectivity index (χ4v) is 2.07. The Morgan fingerprint density at radius 2 is 2.39 bits per heavy atom. The van der Waals surface area contributed by atoms with Crippen molar-refractivity contribution in [2.45, 2.75) is 38.8 Å². The quantitative estimate of drug-likeness (QED) is 0.691. The van der Waals surface area contributed by atoms with Gasteiger partial charge in [0, 0.05) is 25.3 Å². The van der Waals surface area contributed by atoms with Crippen LogP contribution in [0.4, 0.5) is 0 Å². The van der Waals surface area contributed by atoms with Crippen LogP contribution in [0.2, 0.25) is 0 Å². The molecule has 0 saturated heterocycles. The zero-order chi connectivity index (χ0) is 13.0. The standard InChI is InChI=1S/C13H21N3O2/c1-3-15(7-6-13(17)18-2)9-12-8-14-10-16(12)11-4-5-11/h8,10-11H,3-7,9H2,1-2H3. The van der Waals surface area contributed by atoms with E-state index in [2.05, 4.69) is 26.1 Å². The SMILES string of the molecule is CCN(CCC(=O)OC)Cc1cncn1C1CC1. The predicted octanol–water partition coefficient (Wildman–Crippen LogP) is 1.60. The lowest BCUT2D eigenvalue weighted by molar-refractivity contribution is -0.141. The molecule has 5 heteroatoms. The molecule has 0 N–H and O–H groups in total. The van der Waals surface area contributed by atoms with Crippen LogP contribution in [-0.4, -0.2) is 40.6 Å². The van der Waals surface area contributed by atoms with Gasteiger partial charge in [0.05, 0.1) is 25.6 Å². The van der Waals surface area contributed by atoms with Crippen LogP contribution in [0.25, 0.3) is 0 Å². The second-order valence-electron chi connectivity index (χ2n) is 4.72. The Morgan fingerprint density at radius 1 is 1.61 bits per heavy atom. The van der Waals surface area contributed by atoms with Gasteiger partial charge in [-0.05, 0) is 19.4 Å². The Hall–Kier alpha value is -1.36. The fourth-order valence-electron chi connectivity index (χ4n) is 2.07. The summed E-state index contributed by atoms with van der Waals surface area (Å²) in [6.45, 7) is 4.62. The van der Waals surface area contributed by atoms with Gasteiger partial charge in [0.15, 0.2) is 0 Å². The Bertz CT molecular complexity index is 399. The molecule has 5 nitrogen and oxygen atoms in total. The lowest BCUT2D eigenvalue weighted by Crippen LogP contribution is -2.27. The molecular weight excluding hydrogens is 230 g/mol. The molecule has 0 radical (unpaired) electrons. The number of aromatic nitrogens is 2. The Kier molecular flexibility index (Phi) is 4.36. The van der Waals surface area contributed by atoms with E-state index in [0.717, 1.165) is 19.6 Å². The molecule has 1 aromatic heterocycles. The van der Waals surface area contributed by atoms with Gasteiger partial charge >= 0.3 is 5.97 Å². The van der Waals surface area contributed by atoms with Crippen molar-refractivity contribution in [1.29, 1.82) is 0 Å². The van der Waals surface area contributed by atoms with E-state index in [9.17, 15) is 4.79 Å². The zero-order valence-electron chi connectivity index (χ0n) is 11.1. The molecule has 1 fully saturated rings. The third kappa shape index (κ3) is 3.32. The highest BCUT2D eigenvalue weighted by Gasteiger charge is 2.25. The van der Waals surface area contributed by atoms with Crippen LogP contribution in [0.3, 0.4) is 0 Å². The molecular formula is C13H21N3O2. The molecule has 0 amide bonds. The van der Waals surface area contributed by atoms with E-state index < -0.39 is 0 Å². The van der Waals surface area contributed by atoms with E-state index in [-0.39, 0.29) is 5.97 Å². The Labute approximate surface area is 108 Å². The number of carbonyl (C=O) groups excluding carboxylic acids is 1. The minimum absolute atomic E-state index is 0.149. The summed E-state index contributed by atoms with van der Waals surface area (Å²) in [7, 11) is 1.43. The summed E-state index contributed by atoms with van der Waals surface area (Å²) in [5, 5.41) is 0. The highest BCUT2D eigenvalue weighted by atomic mass is 16.5. The van der Waals surface area contributed by atoms with E-state index in [1.165, 1.54) is 25.6 Å². The number of carbonyl (C=O) groups is 1. The van der Waals surface area contributed by atoms with Gasteiger partial charge in [-0.1, -0.05) is 6.92 Å². The van der Waals surface area contributed by atoms with Crippen molar-refractivity contribution in [1.82, 2.24) is 14.5 Å². The normalized spacial score (nSPS) is 15.1. The summed E-state index contributed by atoms with van der Waals surface area (Å²) in [6, 6.07) is 0.654. The summed E-state index contributed by atoms with van der Waals surface area (Å²) >= 11 is 0. The van der Waals surface area contributed by atoms with Gasteiger partial charge in [-0.2, -0.15) is 0 Å². The highest BCUT2D eigenvalue weighted by Crippen LogP contribution is 2.35. The highest BCUT2D eigenvalue weighted by molar-refractivity contribution is 5.69. The Balaban J connectivity index is 1.88. The summed E-state index contributed by atoms with van der Waals surface area (Å²) in [6.07, 6.45) is 6.82. The first-order valence-corrected chi connectivity index (χ1v) is 6.54. The Morgan fingerprint density at radius 3 is 3.00 bits per heavy atom. The van der Waals surface area contributed by atoms with Crippen molar-refractivity contribution in [3.05, 3.63) is 18.2 Å². The van der Waals surface area contributed by atoms with E-state index in [1.807, 2.05) is 12.5 Å². The second kappa shape index (κ2) is 6.00. The van der Waals surface area contributed by atoms with E-state index in [0.29, 0.717) is 12.5 Å². The van der Waals surface area contributed by atoms with Gasteiger partial charge in [0.2, 0.25) is 0 Å². The molecule has 1 saturated carbocycles. The topological polar surface area (TPSA) is 47.4 Å². The first-order valence-electron chi connectivity index (χ1n) is 6.54. The molecule has 0 bridgehead atoms.